The van der Waals surface area contributed by atoms with Crippen molar-refractivity contribution < 1.29 is 33.2 Å². The summed E-state index contributed by atoms with van der Waals surface area (Å²) >= 11 is 1.71. The van der Waals surface area contributed by atoms with Gasteiger partial charge in [0.25, 0.3) is 0 Å². The van der Waals surface area contributed by atoms with Crippen molar-refractivity contribution in [3.63, 3.8) is 0 Å². The molecule has 310 valence electrons. The summed E-state index contributed by atoms with van der Waals surface area (Å²) in [5, 5.41) is 5.67. The number of nitrogens with zero attached hydrogens (tertiary/aromatic N) is 5. The highest BCUT2D eigenvalue weighted by molar-refractivity contribution is 7.21. The molecule has 0 saturated carbocycles. The Morgan fingerprint density at radius 2 is 1.31 bits per heavy atom. The van der Waals surface area contributed by atoms with E-state index in [1.807, 2.05) is 54.6 Å². The predicted octanol–water partition coefficient (Wildman–Crippen LogP) is 8.82. The van der Waals surface area contributed by atoms with E-state index in [0.717, 1.165) is 92.4 Å². The molecule has 0 spiro atoms. The van der Waals surface area contributed by atoms with Crippen LogP contribution in [0.5, 0.6) is 34.5 Å². The van der Waals surface area contributed by atoms with Crippen LogP contribution in [0.4, 0.5) is 0 Å². The van der Waals surface area contributed by atoms with E-state index in [1.54, 1.807) is 39.8 Å². The minimum atomic E-state index is -0.220. The van der Waals surface area contributed by atoms with Gasteiger partial charge in [-0.2, -0.15) is 9.78 Å². The first kappa shape index (κ1) is 41.5. The number of para-hydroxylation sites is 1. The zero-order valence-corrected chi connectivity index (χ0v) is 35.4. The van der Waals surface area contributed by atoms with Crippen LogP contribution in [0.3, 0.4) is 0 Å². The third-order valence-electron chi connectivity index (χ3n) is 10.5. The van der Waals surface area contributed by atoms with Gasteiger partial charge in [-0.3, -0.25) is 4.79 Å². The molecular weight excluding hydrogens is 767 g/mol. The maximum atomic E-state index is 12.8. The molecule has 0 aliphatic carbocycles. The van der Waals surface area contributed by atoms with Crippen molar-refractivity contribution >= 4 is 27.5 Å². The summed E-state index contributed by atoms with van der Waals surface area (Å²) < 4.78 is 37.2. The quantitative estimate of drug-likeness (QED) is 0.0732. The summed E-state index contributed by atoms with van der Waals surface area (Å²) in [4.78, 5) is 22.7. The Morgan fingerprint density at radius 1 is 0.644 bits per heavy atom. The average molecular weight is 820 g/mol. The van der Waals surface area contributed by atoms with E-state index >= 15 is 0 Å². The van der Waals surface area contributed by atoms with Gasteiger partial charge in [-0.25, -0.2) is 4.98 Å². The molecule has 0 N–H and O–H groups in total. The first-order valence-corrected chi connectivity index (χ1v) is 20.9. The number of carbonyl (C=O) groups is 1. The molecule has 0 radical (unpaired) electrons. The third-order valence-corrected chi connectivity index (χ3v) is 11.6. The number of hydrogen-bond donors (Lipinski definition) is 0. The van der Waals surface area contributed by atoms with E-state index in [1.165, 1.54) is 16.3 Å². The Morgan fingerprint density at radius 3 is 1.95 bits per heavy atom. The molecule has 3 heterocycles. The van der Waals surface area contributed by atoms with Gasteiger partial charge >= 0.3 is 0 Å². The zero-order valence-electron chi connectivity index (χ0n) is 34.6. The first-order valence-electron chi connectivity index (χ1n) is 20.1. The number of methoxy groups -OCH3 is 4. The van der Waals surface area contributed by atoms with Gasteiger partial charge < -0.3 is 38.2 Å². The topological polar surface area (TPSA) is 110 Å². The third kappa shape index (κ3) is 10.2. The Bertz CT molecular complexity index is 2280. The molecule has 12 nitrogen and oxygen atoms in total. The van der Waals surface area contributed by atoms with Gasteiger partial charge in [0.1, 0.15) is 10.8 Å². The van der Waals surface area contributed by atoms with Gasteiger partial charge in [0, 0.05) is 49.8 Å². The van der Waals surface area contributed by atoms with Gasteiger partial charge in [-0.15, -0.1) is 11.3 Å². The molecule has 1 aliphatic heterocycles. The lowest BCUT2D eigenvalue weighted by atomic mass is 10.1. The van der Waals surface area contributed by atoms with Crippen molar-refractivity contribution in [2.24, 2.45) is 0 Å². The average Bonchev–Trinajstić information content (AvgIpc) is 3.92. The molecule has 1 aliphatic rings. The van der Waals surface area contributed by atoms with Crippen LogP contribution in [0.25, 0.3) is 43.3 Å². The standard InChI is InChI=1S/C46H53N5O7S/c1-32(52)51-39(31-38(48-51)35-29-42(54-3)45(56-5)43(30-35)55-4)33-17-18-40(53-2)41(28-33)58-26-11-9-20-50-23-21-49(22-24-50)19-8-10-25-57-36-14-12-13-34(27-36)46-47-37-15-6-7-16-44(37)59-46/h6-7,12-18,27-31H,8-11,19-26H2,1-5H3. The van der Waals surface area contributed by atoms with Gasteiger partial charge in [0.15, 0.2) is 23.0 Å². The van der Waals surface area contributed by atoms with Crippen molar-refractivity contribution in [2.75, 3.05) is 80.9 Å². The van der Waals surface area contributed by atoms with E-state index in [2.05, 4.69) is 45.2 Å². The number of carbonyl (C=O) groups excluding carboxylic acids is 1. The van der Waals surface area contributed by atoms with Crippen LogP contribution in [-0.4, -0.2) is 111 Å². The van der Waals surface area contributed by atoms with E-state index in [9.17, 15) is 4.79 Å². The maximum absolute atomic E-state index is 12.8. The van der Waals surface area contributed by atoms with Crippen LogP contribution < -0.4 is 28.4 Å². The second kappa shape index (κ2) is 19.9. The van der Waals surface area contributed by atoms with Gasteiger partial charge in [-0.05, 0) is 99.4 Å². The molecule has 4 aromatic carbocycles. The highest BCUT2D eigenvalue weighted by atomic mass is 32.1. The number of benzene rings is 4. The first-order chi connectivity index (χ1) is 28.9. The lowest BCUT2D eigenvalue weighted by Gasteiger charge is -2.34. The monoisotopic (exact) mass is 819 g/mol. The van der Waals surface area contributed by atoms with Gasteiger partial charge in [-0.1, -0.05) is 24.3 Å². The van der Waals surface area contributed by atoms with Crippen LogP contribution in [0.2, 0.25) is 0 Å². The number of fused-ring (bicyclic) bond motifs is 1. The fraction of sp³-hybridized carbons (Fsp3) is 0.370. The fourth-order valence-electron chi connectivity index (χ4n) is 7.34. The smallest absolute Gasteiger partial charge is 0.244 e. The number of hydrogen-bond acceptors (Lipinski definition) is 12. The van der Waals surface area contributed by atoms with E-state index in [-0.39, 0.29) is 5.91 Å². The number of unbranched alkanes of at least 4 members (excludes halogenated alkanes) is 2. The summed E-state index contributed by atoms with van der Waals surface area (Å²) in [5.41, 5.74) is 4.84. The van der Waals surface area contributed by atoms with Gasteiger partial charge in [0.2, 0.25) is 11.7 Å². The van der Waals surface area contributed by atoms with Crippen LogP contribution in [0.15, 0.2) is 84.9 Å². The minimum absolute atomic E-state index is 0.220. The van der Waals surface area contributed by atoms with Crippen molar-refractivity contribution in [1.82, 2.24) is 24.6 Å². The summed E-state index contributed by atoms with van der Waals surface area (Å²) in [6.45, 7) is 9.21. The molecule has 1 fully saturated rings. The zero-order chi connectivity index (χ0) is 41.1. The van der Waals surface area contributed by atoms with Crippen LogP contribution in [0.1, 0.15) is 37.4 Å². The van der Waals surface area contributed by atoms with Crippen molar-refractivity contribution in [1.29, 1.82) is 0 Å². The molecule has 13 heteroatoms. The normalized spacial score (nSPS) is 13.4. The molecule has 0 bridgehead atoms. The largest absolute Gasteiger partial charge is 0.494 e. The Balaban J connectivity index is 0.837. The van der Waals surface area contributed by atoms with Gasteiger partial charge in [0.05, 0.1) is 63.3 Å². The van der Waals surface area contributed by atoms with E-state index in [0.29, 0.717) is 58.9 Å². The molecule has 2 aromatic heterocycles. The van der Waals surface area contributed by atoms with Crippen LogP contribution in [0, 0.1) is 0 Å². The second-order valence-corrected chi connectivity index (χ2v) is 15.5. The van der Waals surface area contributed by atoms with Crippen LogP contribution >= 0.6 is 11.3 Å². The molecule has 59 heavy (non-hydrogen) atoms. The minimum Gasteiger partial charge on any atom is -0.494 e. The summed E-state index contributed by atoms with van der Waals surface area (Å²) in [5.74, 6) is 3.40. The number of rotatable bonds is 19. The molecular formula is C46H53N5O7S. The predicted molar refractivity (Wildman–Crippen MR) is 233 cm³/mol. The number of thiazole rings is 1. The number of aromatic nitrogens is 3. The maximum Gasteiger partial charge on any atom is 0.244 e. The van der Waals surface area contributed by atoms with E-state index < -0.39 is 0 Å². The molecule has 0 unspecified atom stereocenters. The highest BCUT2D eigenvalue weighted by Crippen LogP contribution is 2.42. The van der Waals surface area contributed by atoms with Crippen molar-refractivity contribution in [2.45, 2.75) is 32.6 Å². The molecule has 0 amide bonds. The Labute approximate surface area is 350 Å². The Hall–Kier alpha value is -5.63. The van der Waals surface area contributed by atoms with Crippen molar-refractivity contribution in [3.8, 4) is 67.6 Å². The van der Waals surface area contributed by atoms with E-state index in [4.69, 9.17) is 33.4 Å². The number of ether oxygens (including phenoxy) is 6. The fourth-order valence-corrected chi connectivity index (χ4v) is 8.31. The summed E-state index contributed by atoms with van der Waals surface area (Å²) in [6, 6.07) is 27.7. The van der Waals surface area contributed by atoms with Crippen molar-refractivity contribution in [3.05, 3.63) is 84.9 Å². The second-order valence-electron chi connectivity index (χ2n) is 14.4. The van der Waals surface area contributed by atoms with Crippen LogP contribution in [-0.2, 0) is 0 Å². The number of piperazine rings is 1. The molecule has 1 saturated heterocycles. The lowest BCUT2D eigenvalue weighted by Crippen LogP contribution is -2.46. The molecule has 6 aromatic rings. The highest BCUT2D eigenvalue weighted by Gasteiger charge is 2.21. The SMILES string of the molecule is COc1ccc(-c2cc(-c3cc(OC)c(OC)c(OC)c3)nn2C(C)=O)cc1OCCCCN1CCN(CCCCOc2cccc(-c3nc4ccccc4s3)c2)CC1. The Kier molecular flexibility index (Phi) is 14.0. The summed E-state index contributed by atoms with van der Waals surface area (Å²) in [7, 11) is 6.31. The molecule has 0 atom stereocenters. The molecule has 7 rings (SSSR count). The summed E-state index contributed by atoms with van der Waals surface area (Å²) in [6.07, 6.45) is 4.09. The lowest BCUT2D eigenvalue weighted by molar-refractivity contribution is 0.0923.